The van der Waals surface area contributed by atoms with E-state index in [0.29, 0.717) is 11.1 Å². The van der Waals surface area contributed by atoms with Crippen LogP contribution in [0.25, 0.3) is 0 Å². The topological polar surface area (TPSA) is 38.9 Å². The maximum Gasteiger partial charge on any atom is 0.134 e. The Hall–Kier alpha value is -0.760. The molecule has 0 radical (unpaired) electrons. The second-order valence-corrected chi connectivity index (χ2v) is 3.68. The molecule has 2 N–H and O–H groups in total. The van der Waals surface area contributed by atoms with Crippen molar-refractivity contribution in [1.82, 2.24) is 4.98 Å². The highest BCUT2D eigenvalue weighted by Gasteiger charge is 2.25. The minimum Gasteiger partial charge on any atom is -0.398 e. The van der Waals surface area contributed by atoms with E-state index in [-0.39, 0.29) is 0 Å². The van der Waals surface area contributed by atoms with Crippen molar-refractivity contribution in [1.29, 1.82) is 0 Å². The Morgan fingerprint density at radius 2 is 2.25 bits per heavy atom. The van der Waals surface area contributed by atoms with Gasteiger partial charge in [0, 0.05) is 22.9 Å². The molecule has 12 heavy (non-hydrogen) atoms. The van der Waals surface area contributed by atoms with Gasteiger partial charge in [0.1, 0.15) is 5.15 Å². The lowest BCUT2D eigenvalue weighted by atomic mass is 10.2. The summed E-state index contributed by atoms with van der Waals surface area (Å²) in [5.74, 6) is 0.616. The number of nitrogen functional groups attached to an aromatic ring is 1. The summed E-state index contributed by atoms with van der Waals surface area (Å²) in [6.07, 6.45) is 2.46. The van der Waals surface area contributed by atoms with Crippen molar-refractivity contribution in [2.24, 2.45) is 0 Å². The zero-order valence-electron chi connectivity index (χ0n) is 6.97. The average Bonchev–Trinajstić information content (AvgIpc) is 2.81. The largest absolute Gasteiger partial charge is 0.398 e. The first-order valence-corrected chi connectivity index (χ1v) is 4.49. The molecule has 0 atom stereocenters. The van der Waals surface area contributed by atoms with Crippen LogP contribution in [0, 0.1) is 6.92 Å². The Labute approximate surface area is 76.7 Å². The van der Waals surface area contributed by atoms with E-state index in [0.717, 1.165) is 16.9 Å². The standard InChI is InChI=1S/C9H11ClN2/c1-5-7(11)4-8(6-2-3-6)12-9(5)10/h4,6H,2-3H2,1H3,(H2,11,12). The van der Waals surface area contributed by atoms with Crippen LogP contribution in [-0.4, -0.2) is 4.98 Å². The summed E-state index contributed by atoms with van der Waals surface area (Å²) in [5, 5.41) is 0.553. The third-order valence-corrected chi connectivity index (χ3v) is 2.64. The molecule has 1 aromatic rings. The van der Waals surface area contributed by atoms with E-state index in [4.69, 9.17) is 17.3 Å². The van der Waals surface area contributed by atoms with Gasteiger partial charge in [-0.2, -0.15) is 0 Å². The van der Waals surface area contributed by atoms with E-state index in [1.807, 2.05) is 13.0 Å². The van der Waals surface area contributed by atoms with Crippen LogP contribution in [0.2, 0.25) is 5.15 Å². The van der Waals surface area contributed by atoms with Crippen LogP contribution >= 0.6 is 11.6 Å². The number of hydrogen-bond donors (Lipinski definition) is 1. The highest BCUT2D eigenvalue weighted by atomic mass is 35.5. The van der Waals surface area contributed by atoms with Crippen molar-refractivity contribution in [3.8, 4) is 0 Å². The maximum atomic E-state index is 5.90. The Kier molecular flexibility index (Phi) is 1.72. The molecule has 0 saturated heterocycles. The van der Waals surface area contributed by atoms with Crippen molar-refractivity contribution in [2.45, 2.75) is 25.7 Å². The Balaban J connectivity index is 2.45. The summed E-state index contributed by atoms with van der Waals surface area (Å²) >= 11 is 5.90. The molecular weight excluding hydrogens is 172 g/mol. The van der Waals surface area contributed by atoms with Crippen LogP contribution < -0.4 is 5.73 Å². The molecule has 1 heterocycles. The van der Waals surface area contributed by atoms with Gasteiger partial charge < -0.3 is 5.73 Å². The van der Waals surface area contributed by atoms with Gasteiger partial charge in [0.15, 0.2) is 0 Å². The second kappa shape index (κ2) is 2.63. The molecule has 3 heteroatoms. The quantitative estimate of drug-likeness (QED) is 0.678. The summed E-state index contributed by atoms with van der Waals surface area (Å²) in [7, 11) is 0. The van der Waals surface area contributed by atoms with Gasteiger partial charge in [-0.15, -0.1) is 0 Å². The van der Waals surface area contributed by atoms with Crippen LogP contribution in [0.5, 0.6) is 0 Å². The minimum atomic E-state index is 0.553. The van der Waals surface area contributed by atoms with Gasteiger partial charge in [0.25, 0.3) is 0 Å². The van der Waals surface area contributed by atoms with Gasteiger partial charge >= 0.3 is 0 Å². The first kappa shape index (κ1) is 7.87. The fraction of sp³-hybridized carbons (Fsp3) is 0.444. The zero-order valence-corrected chi connectivity index (χ0v) is 7.73. The molecule has 0 spiro atoms. The van der Waals surface area contributed by atoms with E-state index in [9.17, 15) is 0 Å². The number of nitrogens with zero attached hydrogens (tertiary/aromatic N) is 1. The lowest BCUT2D eigenvalue weighted by Gasteiger charge is -2.04. The first-order valence-electron chi connectivity index (χ1n) is 4.11. The number of halogens is 1. The summed E-state index contributed by atoms with van der Waals surface area (Å²) in [5.41, 5.74) is 8.47. The van der Waals surface area contributed by atoms with Crippen molar-refractivity contribution < 1.29 is 0 Å². The van der Waals surface area contributed by atoms with Crippen LogP contribution in [0.4, 0.5) is 5.69 Å². The Morgan fingerprint density at radius 3 is 2.75 bits per heavy atom. The molecule has 1 fully saturated rings. The van der Waals surface area contributed by atoms with Gasteiger partial charge in [-0.25, -0.2) is 4.98 Å². The Morgan fingerprint density at radius 1 is 1.58 bits per heavy atom. The van der Waals surface area contributed by atoms with Gasteiger partial charge in [-0.3, -0.25) is 0 Å². The van der Waals surface area contributed by atoms with Gasteiger partial charge in [0.05, 0.1) is 0 Å². The molecule has 1 aliphatic rings. The average molecular weight is 183 g/mol. The Bertz CT molecular complexity index is 295. The van der Waals surface area contributed by atoms with Crippen LogP contribution in [0.3, 0.4) is 0 Å². The predicted octanol–water partition coefficient (Wildman–Crippen LogP) is 2.50. The number of rotatable bonds is 1. The fourth-order valence-electron chi connectivity index (χ4n) is 1.20. The van der Waals surface area contributed by atoms with E-state index in [2.05, 4.69) is 4.98 Å². The van der Waals surface area contributed by atoms with E-state index < -0.39 is 0 Å². The molecule has 1 aliphatic carbocycles. The molecule has 2 nitrogen and oxygen atoms in total. The molecule has 64 valence electrons. The molecule has 0 bridgehead atoms. The molecule has 1 saturated carbocycles. The lowest BCUT2D eigenvalue weighted by molar-refractivity contribution is 1.02. The molecule has 0 aromatic carbocycles. The predicted molar refractivity (Wildman–Crippen MR) is 50.4 cm³/mol. The van der Waals surface area contributed by atoms with E-state index in [1.54, 1.807) is 0 Å². The maximum absolute atomic E-state index is 5.90. The van der Waals surface area contributed by atoms with Crippen molar-refractivity contribution >= 4 is 17.3 Å². The summed E-state index contributed by atoms with van der Waals surface area (Å²) in [6.45, 7) is 1.89. The molecule has 0 aliphatic heterocycles. The number of hydrogen-bond acceptors (Lipinski definition) is 2. The van der Waals surface area contributed by atoms with Crippen LogP contribution in [0.15, 0.2) is 6.07 Å². The lowest BCUT2D eigenvalue weighted by Crippen LogP contribution is -1.96. The molecule has 0 amide bonds. The van der Waals surface area contributed by atoms with Crippen molar-refractivity contribution in [3.63, 3.8) is 0 Å². The minimum absolute atomic E-state index is 0.553. The number of anilines is 1. The third-order valence-electron chi connectivity index (χ3n) is 2.27. The van der Waals surface area contributed by atoms with Crippen LogP contribution in [-0.2, 0) is 0 Å². The SMILES string of the molecule is Cc1c(N)cc(C2CC2)nc1Cl. The molecule has 2 rings (SSSR count). The molecule has 0 unspecified atom stereocenters. The van der Waals surface area contributed by atoms with E-state index >= 15 is 0 Å². The smallest absolute Gasteiger partial charge is 0.134 e. The number of nitrogens with two attached hydrogens (primary N) is 1. The first-order chi connectivity index (χ1) is 5.68. The highest BCUT2D eigenvalue weighted by molar-refractivity contribution is 6.30. The van der Waals surface area contributed by atoms with Crippen molar-refractivity contribution in [3.05, 3.63) is 22.5 Å². The van der Waals surface area contributed by atoms with Crippen LogP contribution in [0.1, 0.15) is 30.0 Å². The van der Waals surface area contributed by atoms with Crippen molar-refractivity contribution in [2.75, 3.05) is 5.73 Å². The second-order valence-electron chi connectivity index (χ2n) is 3.33. The summed E-state index contributed by atoms with van der Waals surface area (Å²) in [6, 6.07) is 1.94. The van der Waals surface area contributed by atoms with Gasteiger partial charge in [-0.05, 0) is 25.8 Å². The normalized spacial score (nSPS) is 16.5. The number of aromatic nitrogens is 1. The molecular formula is C9H11ClN2. The van der Waals surface area contributed by atoms with Gasteiger partial charge in [-0.1, -0.05) is 11.6 Å². The van der Waals surface area contributed by atoms with E-state index in [1.165, 1.54) is 12.8 Å². The highest BCUT2D eigenvalue weighted by Crippen LogP contribution is 2.40. The summed E-state index contributed by atoms with van der Waals surface area (Å²) < 4.78 is 0. The zero-order chi connectivity index (χ0) is 8.72. The third kappa shape index (κ3) is 1.27. The summed E-state index contributed by atoms with van der Waals surface area (Å²) in [4.78, 5) is 4.28. The fourth-order valence-corrected chi connectivity index (χ4v) is 1.41. The monoisotopic (exact) mass is 182 g/mol. The molecule has 1 aromatic heterocycles. The number of pyridine rings is 1. The van der Waals surface area contributed by atoms with Gasteiger partial charge in [0.2, 0.25) is 0 Å².